The normalized spacial score (nSPS) is 13.8. The van der Waals surface area contributed by atoms with E-state index >= 15 is 0 Å². The maximum atomic E-state index is 13.6. The van der Waals surface area contributed by atoms with E-state index in [0.717, 1.165) is 18.7 Å². The van der Waals surface area contributed by atoms with E-state index in [2.05, 4.69) is 72.6 Å². The lowest BCUT2D eigenvalue weighted by atomic mass is 9.96. The first kappa shape index (κ1) is 28.1. The molecule has 1 saturated heterocycles. The van der Waals surface area contributed by atoms with Gasteiger partial charge in [0.2, 0.25) is 0 Å². The SMILES string of the molecule is CC(C)c1ccccc1OCC(=O)Nc1ccccc1C(=O)N1CCN(C(c2ccccc2)c2ccccc2)CC1. The maximum absolute atomic E-state index is 13.6. The van der Waals surface area contributed by atoms with E-state index in [1.54, 1.807) is 12.1 Å². The van der Waals surface area contributed by atoms with E-state index < -0.39 is 0 Å². The Bertz CT molecular complexity index is 1410. The van der Waals surface area contributed by atoms with Crippen molar-refractivity contribution < 1.29 is 14.3 Å². The highest BCUT2D eigenvalue weighted by atomic mass is 16.5. The summed E-state index contributed by atoms with van der Waals surface area (Å²) in [5, 5.41) is 2.90. The van der Waals surface area contributed by atoms with Gasteiger partial charge in [0.1, 0.15) is 5.75 Å². The summed E-state index contributed by atoms with van der Waals surface area (Å²) in [5.41, 5.74) is 4.52. The Morgan fingerprint density at radius 3 is 1.93 bits per heavy atom. The zero-order chi connectivity index (χ0) is 28.6. The summed E-state index contributed by atoms with van der Waals surface area (Å²) >= 11 is 0. The number of carbonyl (C=O) groups excluding carboxylic acids is 2. The Balaban J connectivity index is 1.24. The van der Waals surface area contributed by atoms with E-state index in [1.807, 2.05) is 53.4 Å². The molecule has 4 aromatic rings. The fourth-order valence-corrected chi connectivity index (χ4v) is 5.44. The minimum Gasteiger partial charge on any atom is -0.483 e. The van der Waals surface area contributed by atoms with Crippen molar-refractivity contribution in [1.29, 1.82) is 0 Å². The number of hydrogen-bond acceptors (Lipinski definition) is 4. The van der Waals surface area contributed by atoms with Crippen LogP contribution in [-0.2, 0) is 4.79 Å². The van der Waals surface area contributed by atoms with Gasteiger partial charge >= 0.3 is 0 Å². The van der Waals surface area contributed by atoms with Gasteiger partial charge in [-0.05, 0) is 40.8 Å². The third kappa shape index (κ3) is 6.84. The number of amides is 2. The summed E-state index contributed by atoms with van der Waals surface area (Å²) in [6, 6.07) is 36.1. The van der Waals surface area contributed by atoms with Gasteiger partial charge in [-0.3, -0.25) is 14.5 Å². The van der Waals surface area contributed by atoms with Crippen LogP contribution in [0.25, 0.3) is 0 Å². The number of nitrogens with one attached hydrogen (secondary N) is 1. The number of hydrogen-bond donors (Lipinski definition) is 1. The molecule has 0 aromatic heterocycles. The minimum absolute atomic E-state index is 0.0809. The Labute approximate surface area is 242 Å². The fraction of sp³-hybridized carbons (Fsp3) is 0.257. The van der Waals surface area contributed by atoms with Crippen molar-refractivity contribution in [1.82, 2.24) is 9.80 Å². The van der Waals surface area contributed by atoms with Crippen molar-refractivity contribution in [3.8, 4) is 5.75 Å². The molecule has 0 aliphatic carbocycles. The lowest BCUT2D eigenvalue weighted by molar-refractivity contribution is -0.118. The first-order chi connectivity index (χ1) is 20.0. The molecule has 0 unspecified atom stereocenters. The summed E-state index contributed by atoms with van der Waals surface area (Å²) in [6.07, 6.45) is 0. The summed E-state index contributed by atoms with van der Waals surface area (Å²) in [5.74, 6) is 0.595. The van der Waals surface area contributed by atoms with Gasteiger partial charge in [0.05, 0.1) is 17.3 Å². The summed E-state index contributed by atoms with van der Waals surface area (Å²) in [4.78, 5) is 30.8. The van der Waals surface area contributed by atoms with Gasteiger partial charge in [0.15, 0.2) is 6.61 Å². The topological polar surface area (TPSA) is 61.9 Å². The zero-order valence-electron chi connectivity index (χ0n) is 23.7. The molecular weight excluding hydrogens is 510 g/mol. The molecule has 6 heteroatoms. The largest absolute Gasteiger partial charge is 0.483 e. The number of rotatable bonds is 9. The molecule has 1 aliphatic heterocycles. The summed E-state index contributed by atoms with van der Waals surface area (Å²) < 4.78 is 5.84. The number of benzene rings is 4. The Hall–Kier alpha value is -4.42. The van der Waals surface area contributed by atoms with Crippen LogP contribution in [0.2, 0.25) is 0 Å². The van der Waals surface area contributed by atoms with Crippen LogP contribution in [0.1, 0.15) is 52.9 Å². The Morgan fingerprint density at radius 2 is 1.29 bits per heavy atom. The molecule has 4 aromatic carbocycles. The summed E-state index contributed by atoms with van der Waals surface area (Å²) in [6.45, 7) is 6.75. The molecule has 0 radical (unpaired) electrons. The van der Waals surface area contributed by atoms with E-state index in [9.17, 15) is 9.59 Å². The number of carbonyl (C=O) groups is 2. The van der Waals surface area contributed by atoms with Crippen molar-refractivity contribution in [2.45, 2.75) is 25.8 Å². The van der Waals surface area contributed by atoms with Crippen LogP contribution in [0.5, 0.6) is 5.75 Å². The summed E-state index contributed by atoms with van der Waals surface area (Å²) in [7, 11) is 0. The maximum Gasteiger partial charge on any atom is 0.262 e. The van der Waals surface area contributed by atoms with Gasteiger partial charge in [-0.2, -0.15) is 0 Å². The molecule has 1 aliphatic rings. The van der Waals surface area contributed by atoms with Crippen molar-refractivity contribution >= 4 is 17.5 Å². The second-order valence-corrected chi connectivity index (χ2v) is 10.6. The van der Waals surface area contributed by atoms with Gasteiger partial charge in [-0.15, -0.1) is 0 Å². The monoisotopic (exact) mass is 547 g/mol. The third-order valence-electron chi connectivity index (χ3n) is 7.53. The predicted octanol–water partition coefficient (Wildman–Crippen LogP) is 6.37. The molecule has 1 heterocycles. The van der Waals surface area contributed by atoms with Crippen LogP contribution in [0.3, 0.4) is 0 Å². The van der Waals surface area contributed by atoms with Crippen LogP contribution < -0.4 is 10.1 Å². The van der Waals surface area contributed by atoms with Gasteiger partial charge in [-0.25, -0.2) is 0 Å². The highest BCUT2D eigenvalue weighted by Crippen LogP contribution is 2.30. The fourth-order valence-electron chi connectivity index (χ4n) is 5.44. The zero-order valence-corrected chi connectivity index (χ0v) is 23.7. The van der Waals surface area contributed by atoms with Gasteiger partial charge in [0, 0.05) is 26.2 Å². The Kier molecular flexibility index (Phi) is 9.12. The first-order valence-electron chi connectivity index (χ1n) is 14.2. The molecular formula is C35H37N3O3. The van der Waals surface area contributed by atoms with E-state index in [1.165, 1.54) is 11.1 Å². The van der Waals surface area contributed by atoms with Crippen molar-refractivity contribution in [2.75, 3.05) is 38.1 Å². The quantitative estimate of drug-likeness (QED) is 0.264. The molecule has 0 bridgehead atoms. The van der Waals surface area contributed by atoms with Crippen molar-refractivity contribution in [3.63, 3.8) is 0 Å². The van der Waals surface area contributed by atoms with Gasteiger partial charge in [0.25, 0.3) is 11.8 Å². The first-order valence-corrected chi connectivity index (χ1v) is 14.2. The molecule has 1 N–H and O–H groups in total. The molecule has 5 rings (SSSR count). The van der Waals surface area contributed by atoms with Crippen molar-refractivity contribution in [3.05, 3.63) is 131 Å². The molecule has 41 heavy (non-hydrogen) atoms. The van der Waals surface area contributed by atoms with Gasteiger partial charge < -0.3 is 15.0 Å². The molecule has 6 nitrogen and oxygen atoms in total. The second-order valence-electron chi connectivity index (χ2n) is 10.6. The Morgan fingerprint density at radius 1 is 0.732 bits per heavy atom. The predicted molar refractivity (Wildman–Crippen MR) is 163 cm³/mol. The molecule has 0 saturated carbocycles. The molecule has 210 valence electrons. The van der Waals surface area contributed by atoms with Crippen LogP contribution >= 0.6 is 0 Å². The highest BCUT2D eigenvalue weighted by Gasteiger charge is 2.29. The number of nitrogens with zero attached hydrogens (tertiary/aromatic N) is 2. The smallest absolute Gasteiger partial charge is 0.262 e. The number of para-hydroxylation sites is 2. The second kappa shape index (κ2) is 13.3. The lowest BCUT2D eigenvalue weighted by Gasteiger charge is -2.40. The number of anilines is 1. The minimum atomic E-state index is -0.304. The van der Waals surface area contributed by atoms with E-state index in [-0.39, 0.29) is 30.4 Å². The molecule has 0 spiro atoms. The van der Waals surface area contributed by atoms with Crippen LogP contribution in [-0.4, -0.2) is 54.4 Å². The standard InChI is InChI=1S/C35H37N3O3/c1-26(2)29-17-10-12-20-32(29)41-25-33(39)36-31-19-11-9-18-30(31)35(40)38-23-21-37(22-24-38)34(27-13-5-3-6-14-27)28-15-7-4-8-16-28/h3-20,26,34H,21-25H2,1-2H3,(H,36,39). The van der Waals surface area contributed by atoms with Crippen LogP contribution in [0.4, 0.5) is 5.69 Å². The van der Waals surface area contributed by atoms with E-state index in [0.29, 0.717) is 30.1 Å². The number of piperazine rings is 1. The lowest BCUT2D eigenvalue weighted by Crippen LogP contribution is -2.50. The van der Waals surface area contributed by atoms with E-state index in [4.69, 9.17) is 4.74 Å². The number of ether oxygens (including phenoxy) is 1. The van der Waals surface area contributed by atoms with Crippen molar-refractivity contribution in [2.24, 2.45) is 0 Å². The molecule has 2 amide bonds. The average molecular weight is 548 g/mol. The van der Waals surface area contributed by atoms with Gasteiger partial charge in [-0.1, -0.05) is 105 Å². The van der Waals surface area contributed by atoms with Crippen LogP contribution in [0.15, 0.2) is 109 Å². The highest BCUT2D eigenvalue weighted by molar-refractivity contribution is 6.04. The average Bonchev–Trinajstić information content (AvgIpc) is 3.02. The molecule has 1 fully saturated rings. The van der Waals surface area contributed by atoms with Crippen LogP contribution in [0, 0.1) is 0 Å². The third-order valence-corrected chi connectivity index (χ3v) is 7.53. The molecule has 0 atom stereocenters.